The number of fused-ring (bicyclic) bond motifs is 1. The summed E-state index contributed by atoms with van der Waals surface area (Å²) in [7, 11) is 0. The average Bonchev–Trinajstić information content (AvgIpc) is 3.26. The van der Waals surface area contributed by atoms with Crippen molar-refractivity contribution >= 4 is 22.9 Å². The van der Waals surface area contributed by atoms with Gasteiger partial charge in [0.25, 0.3) is 0 Å². The van der Waals surface area contributed by atoms with Gasteiger partial charge in [-0.15, -0.1) is 0 Å². The number of anilines is 1. The van der Waals surface area contributed by atoms with Crippen LogP contribution in [0.2, 0.25) is 0 Å². The normalized spacial score (nSPS) is 25.8. The smallest absolute Gasteiger partial charge is 0.388 e. The maximum atomic E-state index is 12.7. The van der Waals surface area contributed by atoms with Crippen molar-refractivity contribution in [1.29, 1.82) is 0 Å². The Labute approximate surface area is 179 Å². The van der Waals surface area contributed by atoms with E-state index >= 15 is 0 Å². The molecule has 32 heavy (non-hydrogen) atoms. The summed E-state index contributed by atoms with van der Waals surface area (Å²) >= 11 is 0. The fraction of sp³-hybridized carbons (Fsp3) is 0.647. The fourth-order valence-electron chi connectivity index (χ4n) is 3.58. The Bertz CT molecular complexity index is 942. The SMILES string of the molecule is NC(=O)[C@@H](N)CC[C@@H](C[C@H]1O[C@@H](n2cnc3c(N)ncnc32)[C@H](O)[C@@H]1O)NCC(F)(F)F. The lowest BCUT2D eigenvalue weighted by Crippen LogP contribution is -2.43. The highest BCUT2D eigenvalue weighted by Gasteiger charge is 2.45. The molecule has 1 amide bonds. The Balaban J connectivity index is 1.74. The molecule has 0 spiro atoms. The van der Waals surface area contributed by atoms with Gasteiger partial charge in [-0.3, -0.25) is 9.36 Å². The number of alkyl halides is 3. The molecule has 1 aliphatic heterocycles. The number of aliphatic hydroxyl groups is 2. The van der Waals surface area contributed by atoms with Crippen molar-refractivity contribution in [2.45, 2.75) is 62.1 Å². The number of rotatable bonds is 9. The summed E-state index contributed by atoms with van der Waals surface area (Å²) in [4.78, 5) is 23.1. The first-order valence-electron chi connectivity index (χ1n) is 9.77. The minimum absolute atomic E-state index is 0.0298. The molecule has 12 nitrogen and oxygen atoms in total. The van der Waals surface area contributed by atoms with E-state index in [4.69, 9.17) is 21.9 Å². The molecule has 3 rings (SSSR count). The number of amides is 1. The predicted molar refractivity (Wildman–Crippen MR) is 105 cm³/mol. The molecule has 1 fully saturated rings. The zero-order valence-electron chi connectivity index (χ0n) is 16.8. The standard InChI is InChI=1S/C17H25F3N8O4/c18-17(19,20)4-24-7(1-2-8(21)14(23)31)3-9-11(29)12(30)16(32-9)28-6-27-10-13(22)25-5-26-15(10)28/h5-9,11-12,16,24,29-30H,1-4,21H2,(H2,23,31)(H2,22,25,26)/t7-,8-,9+,11+,12+,16+/m0/s1. The van der Waals surface area contributed by atoms with E-state index in [-0.39, 0.29) is 36.2 Å². The second-order valence-electron chi connectivity index (χ2n) is 7.64. The number of nitrogen functional groups attached to an aromatic ring is 1. The summed E-state index contributed by atoms with van der Waals surface area (Å²) in [6.07, 6.45) is -6.92. The molecule has 15 heteroatoms. The number of nitrogens with zero attached hydrogens (tertiary/aromatic N) is 4. The molecular weight excluding hydrogens is 437 g/mol. The molecule has 0 bridgehead atoms. The molecule has 0 radical (unpaired) electrons. The van der Waals surface area contributed by atoms with Crippen LogP contribution >= 0.6 is 0 Å². The van der Waals surface area contributed by atoms with Crippen LogP contribution in [0.4, 0.5) is 19.0 Å². The summed E-state index contributed by atoms with van der Waals surface area (Å²) in [5.41, 5.74) is 17.0. The summed E-state index contributed by atoms with van der Waals surface area (Å²) in [6, 6.07) is -1.86. The van der Waals surface area contributed by atoms with Gasteiger partial charge >= 0.3 is 6.18 Å². The molecular formula is C17H25F3N8O4. The van der Waals surface area contributed by atoms with E-state index in [1.54, 1.807) is 0 Å². The molecule has 0 aliphatic carbocycles. The van der Waals surface area contributed by atoms with Crippen LogP contribution in [0.1, 0.15) is 25.5 Å². The van der Waals surface area contributed by atoms with Gasteiger partial charge in [0.2, 0.25) is 5.91 Å². The van der Waals surface area contributed by atoms with Crippen LogP contribution in [-0.4, -0.2) is 78.8 Å². The molecule has 1 saturated heterocycles. The molecule has 9 N–H and O–H groups in total. The number of carbonyl (C=O) groups excluding carboxylic acids is 1. The topological polar surface area (TPSA) is 200 Å². The summed E-state index contributed by atoms with van der Waals surface area (Å²) in [5.74, 6) is -0.666. The van der Waals surface area contributed by atoms with Gasteiger partial charge in [0.15, 0.2) is 17.7 Å². The second-order valence-corrected chi connectivity index (χ2v) is 7.64. The first-order chi connectivity index (χ1) is 15.0. The number of primary amides is 1. The average molecular weight is 462 g/mol. The summed E-state index contributed by atoms with van der Waals surface area (Å²) in [6.45, 7) is -1.29. The van der Waals surface area contributed by atoms with E-state index in [1.807, 2.05) is 0 Å². The molecule has 6 atom stereocenters. The molecule has 2 aromatic rings. The lowest BCUT2D eigenvalue weighted by Gasteiger charge is -2.25. The van der Waals surface area contributed by atoms with Crippen molar-refractivity contribution in [3.63, 3.8) is 0 Å². The number of nitrogens with one attached hydrogen (secondary N) is 1. The van der Waals surface area contributed by atoms with E-state index in [0.29, 0.717) is 0 Å². The van der Waals surface area contributed by atoms with Crippen molar-refractivity contribution in [2.75, 3.05) is 12.3 Å². The van der Waals surface area contributed by atoms with Crippen LogP contribution < -0.4 is 22.5 Å². The third kappa shape index (κ3) is 5.42. The monoisotopic (exact) mass is 462 g/mol. The Hall–Kier alpha value is -2.59. The maximum Gasteiger partial charge on any atom is 0.401 e. The molecule has 2 aromatic heterocycles. The van der Waals surface area contributed by atoms with E-state index in [2.05, 4.69) is 20.3 Å². The number of halogens is 3. The fourth-order valence-corrected chi connectivity index (χ4v) is 3.58. The molecule has 0 saturated carbocycles. The number of aliphatic hydroxyl groups excluding tert-OH is 2. The van der Waals surface area contributed by atoms with Gasteiger partial charge < -0.3 is 37.5 Å². The number of imidazole rings is 1. The Morgan fingerprint density at radius 1 is 1.25 bits per heavy atom. The first kappa shape index (κ1) is 24.1. The summed E-state index contributed by atoms with van der Waals surface area (Å²) in [5, 5.41) is 23.3. The zero-order chi connectivity index (χ0) is 23.6. The van der Waals surface area contributed by atoms with Crippen LogP contribution in [0.3, 0.4) is 0 Å². The van der Waals surface area contributed by atoms with Crippen molar-refractivity contribution in [2.24, 2.45) is 11.5 Å². The highest BCUT2D eigenvalue weighted by Crippen LogP contribution is 2.34. The van der Waals surface area contributed by atoms with Crippen LogP contribution in [0.25, 0.3) is 11.2 Å². The van der Waals surface area contributed by atoms with Gasteiger partial charge in [0.1, 0.15) is 24.1 Å². The molecule has 0 aromatic carbocycles. The number of carbonyl (C=O) groups is 1. The van der Waals surface area contributed by atoms with E-state index in [9.17, 15) is 28.2 Å². The minimum atomic E-state index is -4.48. The predicted octanol–water partition coefficient (Wildman–Crippen LogP) is -1.47. The van der Waals surface area contributed by atoms with Gasteiger partial charge in [0.05, 0.1) is 25.0 Å². The van der Waals surface area contributed by atoms with Crippen LogP contribution in [0.15, 0.2) is 12.7 Å². The summed E-state index contributed by atoms with van der Waals surface area (Å²) < 4.78 is 45.3. The van der Waals surface area contributed by atoms with Gasteiger partial charge in [-0.25, -0.2) is 15.0 Å². The van der Waals surface area contributed by atoms with Crippen LogP contribution in [0, 0.1) is 0 Å². The van der Waals surface area contributed by atoms with Gasteiger partial charge in [-0.05, 0) is 19.3 Å². The minimum Gasteiger partial charge on any atom is -0.388 e. The number of nitrogens with two attached hydrogens (primary N) is 3. The lowest BCUT2D eigenvalue weighted by molar-refractivity contribution is -0.127. The quantitative estimate of drug-likeness (QED) is 0.255. The first-order valence-corrected chi connectivity index (χ1v) is 9.77. The Morgan fingerprint density at radius 2 is 1.97 bits per heavy atom. The molecule has 0 unspecified atom stereocenters. The highest BCUT2D eigenvalue weighted by atomic mass is 19.4. The van der Waals surface area contributed by atoms with Gasteiger partial charge in [-0.1, -0.05) is 0 Å². The largest absolute Gasteiger partial charge is 0.401 e. The van der Waals surface area contributed by atoms with Crippen molar-refractivity contribution in [3.8, 4) is 0 Å². The van der Waals surface area contributed by atoms with Crippen molar-refractivity contribution in [1.82, 2.24) is 24.8 Å². The maximum absolute atomic E-state index is 12.7. The molecule has 178 valence electrons. The van der Waals surface area contributed by atoms with Gasteiger partial charge in [-0.2, -0.15) is 13.2 Å². The van der Waals surface area contributed by atoms with Crippen LogP contribution in [0.5, 0.6) is 0 Å². The lowest BCUT2D eigenvalue weighted by atomic mass is 9.97. The van der Waals surface area contributed by atoms with E-state index in [1.165, 1.54) is 17.2 Å². The zero-order valence-corrected chi connectivity index (χ0v) is 16.8. The van der Waals surface area contributed by atoms with E-state index < -0.39 is 55.3 Å². The Morgan fingerprint density at radius 3 is 2.62 bits per heavy atom. The number of hydrogen-bond donors (Lipinski definition) is 6. The van der Waals surface area contributed by atoms with Gasteiger partial charge in [0, 0.05) is 6.04 Å². The number of ether oxygens (including phenoxy) is 1. The third-order valence-electron chi connectivity index (χ3n) is 5.30. The molecule has 3 heterocycles. The molecule has 1 aliphatic rings. The van der Waals surface area contributed by atoms with Crippen molar-refractivity contribution in [3.05, 3.63) is 12.7 Å². The number of hydrogen-bond acceptors (Lipinski definition) is 10. The highest BCUT2D eigenvalue weighted by molar-refractivity contribution is 5.81. The van der Waals surface area contributed by atoms with Crippen molar-refractivity contribution < 1.29 is 32.9 Å². The Kier molecular flexibility index (Phi) is 7.14. The third-order valence-corrected chi connectivity index (χ3v) is 5.30. The second kappa shape index (κ2) is 9.50. The number of aromatic nitrogens is 4. The van der Waals surface area contributed by atoms with E-state index in [0.717, 1.165) is 0 Å². The van der Waals surface area contributed by atoms with Crippen LogP contribution in [-0.2, 0) is 9.53 Å².